The van der Waals surface area contributed by atoms with Crippen LogP contribution in [-0.4, -0.2) is 51.8 Å². The minimum atomic E-state index is -0.0631. The highest BCUT2D eigenvalue weighted by Gasteiger charge is 2.39. The fraction of sp³-hybridized carbons (Fsp3) is 0.316. The van der Waals surface area contributed by atoms with Crippen molar-refractivity contribution in [1.82, 2.24) is 25.0 Å². The Morgan fingerprint density at radius 1 is 1.08 bits per heavy atom. The Kier molecular flexibility index (Phi) is 3.83. The second-order valence-corrected chi connectivity index (χ2v) is 7.82. The van der Waals surface area contributed by atoms with Gasteiger partial charge in [0, 0.05) is 26.2 Å². The molecular weight excluding hydrogens is 346 g/mol. The number of carbonyl (C=O) groups excluding carboxylic acids is 1. The fourth-order valence-electron chi connectivity index (χ4n) is 3.88. The van der Waals surface area contributed by atoms with Gasteiger partial charge in [0.1, 0.15) is 0 Å². The number of nitrogens with one attached hydrogen (secondary N) is 1. The molecule has 26 heavy (non-hydrogen) atoms. The van der Waals surface area contributed by atoms with Crippen LogP contribution in [0.2, 0.25) is 0 Å². The van der Waals surface area contributed by atoms with Gasteiger partial charge in [0.05, 0.1) is 10.6 Å². The maximum Gasteiger partial charge on any atom is 0.293 e. The molecule has 2 aliphatic rings. The molecule has 0 bridgehead atoms. The normalized spacial score (nSPS) is 21.9. The van der Waals surface area contributed by atoms with Gasteiger partial charge in [0.15, 0.2) is 5.82 Å². The lowest BCUT2D eigenvalue weighted by Gasteiger charge is -2.15. The van der Waals surface area contributed by atoms with E-state index in [2.05, 4.69) is 15.4 Å². The number of rotatable bonds is 3. The van der Waals surface area contributed by atoms with Crippen LogP contribution in [0, 0.1) is 11.8 Å². The van der Waals surface area contributed by atoms with Crippen molar-refractivity contribution in [3.05, 3.63) is 53.7 Å². The molecule has 3 aromatic rings. The summed E-state index contributed by atoms with van der Waals surface area (Å²) in [6.07, 6.45) is 0. The molecule has 2 atom stereocenters. The molecule has 1 N–H and O–H groups in total. The zero-order chi connectivity index (χ0) is 17.5. The van der Waals surface area contributed by atoms with Crippen molar-refractivity contribution in [2.45, 2.75) is 0 Å². The van der Waals surface area contributed by atoms with E-state index in [4.69, 9.17) is 0 Å². The molecule has 0 unspecified atom stereocenters. The van der Waals surface area contributed by atoms with E-state index in [-0.39, 0.29) is 11.7 Å². The summed E-state index contributed by atoms with van der Waals surface area (Å²) in [7, 11) is 0. The number of thiophene rings is 1. The van der Waals surface area contributed by atoms with E-state index in [1.165, 1.54) is 0 Å². The van der Waals surface area contributed by atoms with Crippen LogP contribution in [0.4, 0.5) is 0 Å². The third-order valence-electron chi connectivity index (χ3n) is 5.22. The third kappa shape index (κ3) is 2.64. The lowest BCUT2D eigenvalue weighted by Crippen LogP contribution is -2.32. The van der Waals surface area contributed by atoms with Gasteiger partial charge in [-0.1, -0.05) is 24.3 Å². The minimum absolute atomic E-state index is 0.0631. The molecule has 5 rings (SSSR count). The molecule has 0 saturated carbocycles. The molecule has 0 spiro atoms. The van der Waals surface area contributed by atoms with Gasteiger partial charge in [-0.2, -0.15) is 0 Å². The Hall–Kier alpha value is -2.51. The first-order chi connectivity index (χ1) is 12.8. The van der Waals surface area contributed by atoms with Crippen molar-refractivity contribution >= 4 is 17.2 Å². The number of amides is 1. The standard InChI is InChI=1S/C19H19N5OS/c25-19(23-11-13-9-20-10-14(13)12-23)17-21-18(16-7-4-8-26-16)24(22-17)15-5-2-1-3-6-15/h1-8,13-14,20H,9-12H2/t13-,14+. The van der Waals surface area contributed by atoms with Crippen LogP contribution in [-0.2, 0) is 0 Å². The molecule has 1 aromatic carbocycles. The van der Waals surface area contributed by atoms with Crippen LogP contribution in [0.5, 0.6) is 0 Å². The number of hydrogen-bond acceptors (Lipinski definition) is 5. The molecular formula is C19H19N5OS. The van der Waals surface area contributed by atoms with Gasteiger partial charge in [0.25, 0.3) is 5.91 Å². The first kappa shape index (κ1) is 15.7. The summed E-state index contributed by atoms with van der Waals surface area (Å²) in [5.74, 6) is 2.06. The number of hydrogen-bond donors (Lipinski definition) is 1. The molecule has 2 fully saturated rings. The number of likely N-dealkylation sites (tertiary alicyclic amines) is 1. The number of fused-ring (bicyclic) bond motifs is 1. The van der Waals surface area contributed by atoms with Crippen LogP contribution < -0.4 is 5.32 Å². The van der Waals surface area contributed by atoms with Gasteiger partial charge in [-0.25, -0.2) is 9.67 Å². The summed E-state index contributed by atoms with van der Waals surface area (Å²) in [5.41, 5.74) is 0.907. The van der Waals surface area contributed by atoms with Crippen molar-refractivity contribution in [2.75, 3.05) is 26.2 Å². The van der Waals surface area contributed by atoms with Gasteiger partial charge in [0.2, 0.25) is 5.82 Å². The van der Waals surface area contributed by atoms with E-state index in [1.807, 2.05) is 52.7 Å². The molecule has 4 heterocycles. The van der Waals surface area contributed by atoms with Crippen LogP contribution in [0.1, 0.15) is 10.6 Å². The summed E-state index contributed by atoms with van der Waals surface area (Å²) in [5, 5.41) is 9.99. The Balaban J connectivity index is 1.51. The first-order valence-corrected chi connectivity index (χ1v) is 9.74. The Morgan fingerprint density at radius 3 is 2.54 bits per heavy atom. The summed E-state index contributed by atoms with van der Waals surface area (Å²) in [6.45, 7) is 3.59. The quantitative estimate of drug-likeness (QED) is 0.774. The predicted octanol–water partition coefficient (Wildman–Crippen LogP) is 2.29. The van der Waals surface area contributed by atoms with E-state index >= 15 is 0 Å². The topological polar surface area (TPSA) is 63.1 Å². The van der Waals surface area contributed by atoms with Crippen LogP contribution in [0.15, 0.2) is 47.8 Å². The van der Waals surface area contributed by atoms with Crippen molar-refractivity contribution in [3.63, 3.8) is 0 Å². The van der Waals surface area contributed by atoms with Gasteiger partial charge >= 0.3 is 0 Å². The highest BCUT2D eigenvalue weighted by molar-refractivity contribution is 7.13. The van der Waals surface area contributed by atoms with Crippen LogP contribution in [0.3, 0.4) is 0 Å². The second kappa shape index (κ2) is 6.34. The summed E-state index contributed by atoms with van der Waals surface area (Å²) in [4.78, 5) is 20.6. The summed E-state index contributed by atoms with van der Waals surface area (Å²) < 4.78 is 1.78. The summed E-state index contributed by atoms with van der Waals surface area (Å²) in [6, 6.07) is 13.8. The lowest BCUT2D eigenvalue weighted by molar-refractivity contribution is 0.0769. The van der Waals surface area contributed by atoms with Crippen molar-refractivity contribution in [1.29, 1.82) is 0 Å². The van der Waals surface area contributed by atoms with Crippen molar-refractivity contribution in [2.24, 2.45) is 11.8 Å². The van der Waals surface area contributed by atoms with Gasteiger partial charge in [-0.3, -0.25) is 4.79 Å². The minimum Gasteiger partial charge on any atom is -0.335 e. The van der Waals surface area contributed by atoms with Crippen molar-refractivity contribution in [3.8, 4) is 16.4 Å². The molecule has 0 aliphatic carbocycles. The fourth-order valence-corrected chi connectivity index (χ4v) is 4.58. The predicted molar refractivity (Wildman–Crippen MR) is 100 cm³/mol. The maximum atomic E-state index is 13.0. The number of carbonyl (C=O) groups is 1. The zero-order valence-corrected chi connectivity index (χ0v) is 15.0. The highest BCUT2D eigenvalue weighted by atomic mass is 32.1. The Bertz CT molecular complexity index is 909. The number of nitrogens with zero attached hydrogens (tertiary/aromatic N) is 4. The lowest BCUT2D eigenvalue weighted by atomic mass is 10.0. The van der Waals surface area contributed by atoms with E-state index in [0.29, 0.717) is 11.8 Å². The van der Waals surface area contributed by atoms with E-state index in [0.717, 1.165) is 42.6 Å². The molecule has 132 valence electrons. The molecule has 7 heteroatoms. The SMILES string of the molecule is O=C(c1nc(-c2cccs2)n(-c2ccccc2)n1)N1C[C@H]2CNC[C@H]2C1. The second-order valence-electron chi connectivity index (χ2n) is 6.87. The highest BCUT2D eigenvalue weighted by Crippen LogP contribution is 2.29. The van der Waals surface area contributed by atoms with E-state index < -0.39 is 0 Å². The Labute approximate surface area is 155 Å². The van der Waals surface area contributed by atoms with E-state index in [1.54, 1.807) is 16.0 Å². The Morgan fingerprint density at radius 2 is 1.85 bits per heavy atom. The van der Waals surface area contributed by atoms with Gasteiger partial charge < -0.3 is 10.2 Å². The van der Waals surface area contributed by atoms with Crippen LogP contribution in [0.25, 0.3) is 16.4 Å². The largest absolute Gasteiger partial charge is 0.335 e. The average Bonchev–Trinajstić information content (AvgIpc) is 3.44. The molecule has 2 saturated heterocycles. The zero-order valence-electron chi connectivity index (χ0n) is 14.2. The summed E-state index contributed by atoms with van der Waals surface area (Å²) >= 11 is 1.60. The molecule has 2 aromatic heterocycles. The van der Waals surface area contributed by atoms with Gasteiger partial charge in [-0.15, -0.1) is 16.4 Å². The van der Waals surface area contributed by atoms with Crippen molar-refractivity contribution < 1.29 is 4.79 Å². The smallest absolute Gasteiger partial charge is 0.293 e. The number of aromatic nitrogens is 3. The van der Waals surface area contributed by atoms with Gasteiger partial charge in [-0.05, 0) is 35.4 Å². The monoisotopic (exact) mass is 365 g/mol. The number of para-hydroxylation sites is 1. The molecule has 6 nitrogen and oxygen atoms in total. The first-order valence-electron chi connectivity index (χ1n) is 8.86. The van der Waals surface area contributed by atoms with Crippen LogP contribution >= 0.6 is 11.3 Å². The maximum absolute atomic E-state index is 13.0. The average molecular weight is 365 g/mol. The van der Waals surface area contributed by atoms with E-state index in [9.17, 15) is 4.79 Å². The molecule has 2 aliphatic heterocycles. The third-order valence-corrected chi connectivity index (χ3v) is 6.08. The molecule has 1 amide bonds. The molecule has 0 radical (unpaired) electrons. The number of benzene rings is 1.